The van der Waals surface area contributed by atoms with Gasteiger partial charge in [-0.25, -0.2) is 0 Å². The number of nitrogens with two attached hydrogens (primary N) is 2. The van der Waals surface area contributed by atoms with Gasteiger partial charge in [-0.05, 0) is 74.0 Å². The lowest BCUT2D eigenvalue weighted by atomic mass is 10.1. The van der Waals surface area contributed by atoms with Gasteiger partial charge < -0.3 is 42.2 Å². The Hall–Kier alpha value is -3.02. The molecule has 0 aliphatic rings. The van der Waals surface area contributed by atoms with Crippen LogP contribution in [0.4, 0.5) is 5.69 Å². The average molecular weight is 531 g/mol. The number of primary amides is 1. The van der Waals surface area contributed by atoms with Crippen LogP contribution >= 0.6 is 0 Å². The molecule has 2 rings (SSSR count). The van der Waals surface area contributed by atoms with Gasteiger partial charge in [-0.3, -0.25) is 9.59 Å². The van der Waals surface area contributed by atoms with Crippen LogP contribution in [-0.4, -0.2) is 59.5 Å². The number of ether oxygens (including phenoxy) is 1. The lowest BCUT2D eigenvalue weighted by molar-refractivity contribution is -0.126. The minimum Gasteiger partial charge on any atom is -0.508 e. The predicted octanol–water partition coefficient (Wildman–Crippen LogP) is 1.86. The van der Waals surface area contributed by atoms with Crippen molar-refractivity contribution in [3.8, 4) is 5.75 Å². The molecule has 2 amide bonds. The monoisotopic (exact) mass is 530 g/mol. The van der Waals surface area contributed by atoms with Gasteiger partial charge in [0.1, 0.15) is 5.75 Å². The molecule has 0 heterocycles. The summed E-state index contributed by atoms with van der Waals surface area (Å²) in [5, 5.41) is 34.9. The topological polar surface area (TPSA) is 180 Å². The Kier molecular flexibility index (Phi) is 14.4. The fraction of sp³-hybridized carbons (Fsp3) is 0.500. The van der Waals surface area contributed by atoms with Gasteiger partial charge in [0.25, 0.3) is 5.91 Å². The SMILES string of the molecule is NC(=O)C(N)C(=O)Nc1cccc(CCCCOCCCCCCNC[C@H](O)c2ccc(O)c(CO)c2)c1. The number of aromatic hydroxyl groups is 1. The van der Waals surface area contributed by atoms with E-state index in [-0.39, 0.29) is 12.4 Å². The van der Waals surface area contributed by atoms with Crippen molar-refractivity contribution in [2.24, 2.45) is 11.5 Å². The van der Waals surface area contributed by atoms with E-state index >= 15 is 0 Å². The van der Waals surface area contributed by atoms with Gasteiger partial charge in [-0.1, -0.05) is 31.0 Å². The number of hydrogen-bond donors (Lipinski definition) is 7. The Morgan fingerprint density at radius 3 is 2.45 bits per heavy atom. The number of aliphatic hydroxyl groups is 2. The number of aryl methyl sites for hydroxylation is 1. The summed E-state index contributed by atoms with van der Waals surface area (Å²) in [4.78, 5) is 22.9. The molecule has 2 atom stereocenters. The van der Waals surface area contributed by atoms with E-state index in [1.165, 1.54) is 6.07 Å². The molecule has 0 aliphatic heterocycles. The molecular formula is C28H42N4O6. The van der Waals surface area contributed by atoms with Crippen molar-refractivity contribution < 1.29 is 29.6 Å². The fourth-order valence-electron chi connectivity index (χ4n) is 3.89. The highest BCUT2D eigenvalue weighted by Crippen LogP contribution is 2.22. The molecule has 10 nitrogen and oxygen atoms in total. The molecule has 1 unspecified atom stereocenters. The first kappa shape index (κ1) is 31.2. The molecule has 2 aromatic rings. The highest BCUT2D eigenvalue weighted by Gasteiger charge is 2.19. The first-order valence-electron chi connectivity index (χ1n) is 13.2. The van der Waals surface area contributed by atoms with E-state index in [4.69, 9.17) is 16.2 Å². The van der Waals surface area contributed by atoms with E-state index in [1.54, 1.807) is 18.2 Å². The standard InChI is InChI=1S/C28H42N4O6/c29-26(27(30)36)28(37)32-23-10-7-9-20(16-23)8-3-6-15-38-14-5-2-1-4-13-31-18-25(35)21-11-12-24(34)22(17-21)19-33/h7,9-12,16-17,25-26,31,33-35H,1-6,8,13-15,18-19,29H2,(H2,30,36)(H,32,37)/t25-,26?/m0/s1. The zero-order chi connectivity index (χ0) is 27.8. The maximum atomic E-state index is 11.9. The third kappa shape index (κ3) is 11.6. The molecule has 0 saturated carbocycles. The number of carbonyl (C=O) groups excluding carboxylic acids is 2. The molecule has 0 aliphatic carbocycles. The summed E-state index contributed by atoms with van der Waals surface area (Å²) in [7, 11) is 0. The third-order valence-electron chi connectivity index (χ3n) is 6.18. The molecule has 0 saturated heterocycles. The first-order chi connectivity index (χ1) is 18.3. The molecule has 9 N–H and O–H groups in total. The third-order valence-corrected chi connectivity index (χ3v) is 6.18. The summed E-state index contributed by atoms with van der Waals surface area (Å²) >= 11 is 0. The van der Waals surface area contributed by atoms with Crippen molar-refractivity contribution in [3.63, 3.8) is 0 Å². The maximum Gasteiger partial charge on any atom is 0.251 e. The zero-order valence-corrected chi connectivity index (χ0v) is 21.9. The minimum absolute atomic E-state index is 0.0286. The number of phenols is 1. The average Bonchev–Trinajstić information content (AvgIpc) is 2.91. The molecular weight excluding hydrogens is 488 g/mol. The molecule has 2 aromatic carbocycles. The molecule has 210 valence electrons. The van der Waals surface area contributed by atoms with Gasteiger partial charge in [0.15, 0.2) is 6.04 Å². The zero-order valence-electron chi connectivity index (χ0n) is 21.9. The van der Waals surface area contributed by atoms with Crippen LogP contribution in [0.2, 0.25) is 0 Å². The highest BCUT2D eigenvalue weighted by atomic mass is 16.5. The number of amides is 2. The van der Waals surface area contributed by atoms with Gasteiger partial charge in [0, 0.05) is 31.0 Å². The largest absolute Gasteiger partial charge is 0.508 e. The fourth-order valence-corrected chi connectivity index (χ4v) is 3.89. The molecule has 0 aromatic heterocycles. The van der Waals surface area contributed by atoms with Crippen molar-refractivity contribution >= 4 is 17.5 Å². The number of carbonyl (C=O) groups is 2. The number of unbranched alkanes of at least 4 members (excludes halogenated alkanes) is 4. The second-order valence-electron chi connectivity index (χ2n) is 9.32. The Balaban J connectivity index is 1.45. The van der Waals surface area contributed by atoms with Crippen LogP contribution in [0, 0.1) is 0 Å². The number of anilines is 1. The van der Waals surface area contributed by atoms with Crippen LogP contribution in [-0.2, 0) is 27.4 Å². The summed E-state index contributed by atoms with van der Waals surface area (Å²) in [6, 6.07) is 10.8. The summed E-state index contributed by atoms with van der Waals surface area (Å²) < 4.78 is 5.73. The van der Waals surface area contributed by atoms with E-state index in [0.29, 0.717) is 30.0 Å². The molecule has 0 fully saturated rings. The van der Waals surface area contributed by atoms with Crippen LogP contribution in [0.15, 0.2) is 42.5 Å². The predicted molar refractivity (Wildman–Crippen MR) is 146 cm³/mol. The van der Waals surface area contributed by atoms with Crippen molar-refractivity contribution in [1.82, 2.24) is 5.32 Å². The quantitative estimate of drug-likeness (QED) is 0.106. The molecule has 0 radical (unpaired) electrons. The molecule has 38 heavy (non-hydrogen) atoms. The highest BCUT2D eigenvalue weighted by molar-refractivity contribution is 6.09. The summed E-state index contributed by atoms with van der Waals surface area (Å²) in [5.41, 5.74) is 13.2. The molecule has 10 heteroatoms. The van der Waals surface area contributed by atoms with Gasteiger partial charge in [0.05, 0.1) is 12.7 Å². The Bertz CT molecular complexity index is 1000. The van der Waals surface area contributed by atoms with Crippen molar-refractivity contribution in [3.05, 3.63) is 59.2 Å². The normalized spacial score (nSPS) is 12.7. The molecule has 0 bridgehead atoms. The van der Waals surface area contributed by atoms with E-state index in [0.717, 1.165) is 63.7 Å². The summed E-state index contributed by atoms with van der Waals surface area (Å²) in [5.74, 6) is -1.46. The van der Waals surface area contributed by atoms with Crippen LogP contribution in [0.25, 0.3) is 0 Å². The van der Waals surface area contributed by atoms with Gasteiger partial charge in [0.2, 0.25) is 5.91 Å². The Labute approximate surface area is 224 Å². The summed E-state index contributed by atoms with van der Waals surface area (Å²) in [6.07, 6.45) is 6.25. The van der Waals surface area contributed by atoms with Gasteiger partial charge >= 0.3 is 0 Å². The maximum absolute atomic E-state index is 11.9. The smallest absolute Gasteiger partial charge is 0.251 e. The lowest BCUT2D eigenvalue weighted by Gasteiger charge is -2.14. The second-order valence-corrected chi connectivity index (χ2v) is 9.32. The molecule has 0 spiro atoms. The number of hydrogen-bond acceptors (Lipinski definition) is 8. The number of benzene rings is 2. The van der Waals surface area contributed by atoms with E-state index in [9.17, 15) is 24.9 Å². The van der Waals surface area contributed by atoms with Crippen LogP contribution < -0.4 is 22.1 Å². The minimum atomic E-state index is -1.37. The van der Waals surface area contributed by atoms with E-state index in [2.05, 4.69) is 10.6 Å². The number of rotatable bonds is 19. The van der Waals surface area contributed by atoms with Crippen molar-refractivity contribution in [1.29, 1.82) is 0 Å². The van der Waals surface area contributed by atoms with Crippen LogP contribution in [0.5, 0.6) is 5.75 Å². The van der Waals surface area contributed by atoms with E-state index in [1.807, 2.05) is 18.2 Å². The van der Waals surface area contributed by atoms with Crippen molar-refractivity contribution in [2.75, 3.05) is 31.6 Å². The second kappa shape index (κ2) is 17.5. The number of aliphatic hydroxyl groups excluding tert-OH is 2. The van der Waals surface area contributed by atoms with E-state index < -0.39 is 24.0 Å². The van der Waals surface area contributed by atoms with Crippen LogP contribution in [0.1, 0.15) is 61.3 Å². The Morgan fingerprint density at radius 2 is 1.71 bits per heavy atom. The summed E-state index contributed by atoms with van der Waals surface area (Å²) in [6.45, 7) is 2.41. The lowest BCUT2D eigenvalue weighted by Crippen LogP contribution is -2.46. The number of nitrogens with one attached hydrogen (secondary N) is 2. The van der Waals surface area contributed by atoms with Crippen LogP contribution in [0.3, 0.4) is 0 Å². The Morgan fingerprint density at radius 1 is 0.974 bits per heavy atom. The van der Waals surface area contributed by atoms with Crippen molar-refractivity contribution in [2.45, 2.75) is 63.7 Å². The first-order valence-corrected chi connectivity index (χ1v) is 13.2. The van der Waals surface area contributed by atoms with Gasteiger partial charge in [-0.15, -0.1) is 0 Å². The van der Waals surface area contributed by atoms with Gasteiger partial charge in [-0.2, -0.15) is 0 Å².